The summed E-state index contributed by atoms with van der Waals surface area (Å²) in [6, 6.07) is 7.11. The Morgan fingerprint density at radius 1 is 1.17 bits per heavy atom. The van der Waals surface area contributed by atoms with Gasteiger partial charge in [-0.2, -0.15) is 0 Å². The fourth-order valence-electron chi connectivity index (χ4n) is 3.98. The summed E-state index contributed by atoms with van der Waals surface area (Å²) in [4.78, 5) is 29.9. The Balaban J connectivity index is 1.70. The van der Waals surface area contributed by atoms with E-state index in [9.17, 15) is 9.18 Å². The second kappa shape index (κ2) is 8.61. The summed E-state index contributed by atoms with van der Waals surface area (Å²) in [5, 5.41) is 0. The number of aromatic nitrogens is 4. The summed E-state index contributed by atoms with van der Waals surface area (Å²) in [6.07, 6.45) is 8.26. The number of nitrogens with zero attached hydrogens (tertiary/aromatic N) is 6. The molecule has 3 aromatic heterocycles. The number of pyridine rings is 2. The van der Waals surface area contributed by atoms with Gasteiger partial charge in [-0.1, -0.05) is 13.3 Å². The van der Waals surface area contributed by atoms with Gasteiger partial charge in [-0.15, -0.1) is 0 Å². The fourth-order valence-corrected chi connectivity index (χ4v) is 3.98. The minimum Gasteiger partial charge on any atom is -0.366 e. The van der Waals surface area contributed by atoms with Crippen molar-refractivity contribution < 1.29 is 4.39 Å². The van der Waals surface area contributed by atoms with E-state index in [4.69, 9.17) is 4.98 Å². The van der Waals surface area contributed by atoms with Crippen molar-refractivity contribution in [3.05, 3.63) is 65.2 Å². The molecule has 1 fully saturated rings. The fraction of sp³-hybridized carbons (Fsp3) is 0.364. The SMILES string of the molecule is CCC[C@@H]1CN(c2cccnc2)CCN1c1nc(-c2ccncc2F)cc(=O)n1C. The highest BCUT2D eigenvalue weighted by atomic mass is 19.1. The molecule has 0 saturated carbocycles. The van der Waals surface area contributed by atoms with E-state index in [1.54, 1.807) is 23.9 Å². The van der Waals surface area contributed by atoms with Gasteiger partial charge in [-0.25, -0.2) is 9.37 Å². The summed E-state index contributed by atoms with van der Waals surface area (Å²) >= 11 is 0. The van der Waals surface area contributed by atoms with E-state index in [0.29, 0.717) is 18.2 Å². The second-order valence-corrected chi connectivity index (χ2v) is 7.49. The lowest BCUT2D eigenvalue weighted by molar-refractivity contribution is 0.474. The summed E-state index contributed by atoms with van der Waals surface area (Å²) in [7, 11) is 1.72. The lowest BCUT2D eigenvalue weighted by atomic mass is 10.1. The highest BCUT2D eigenvalue weighted by Crippen LogP contribution is 2.26. The Kier molecular flexibility index (Phi) is 5.74. The first-order chi connectivity index (χ1) is 14.6. The molecular weight excluding hydrogens is 383 g/mol. The molecule has 0 unspecified atom stereocenters. The summed E-state index contributed by atoms with van der Waals surface area (Å²) in [5.41, 5.74) is 1.49. The predicted octanol–water partition coefficient (Wildman–Crippen LogP) is 2.87. The summed E-state index contributed by atoms with van der Waals surface area (Å²) in [5.74, 6) is 0.0775. The number of anilines is 2. The standard InChI is InChI=1S/C22H25FN6O/c1-3-5-17-15-28(16-6-4-8-24-13-16)10-11-29(17)22-26-20(12-21(30)27(22)2)18-7-9-25-14-19(18)23/h4,6-9,12-14,17H,3,5,10-11,15H2,1-2H3/t17-/m1/s1. The third kappa shape index (κ3) is 3.90. The normalized spacial score (nSPS) is 16.7. The molecule has 0 N–H and O–H groups in total. The first-order valence-corrected chi connectivity index (χ1v) is 10.2. The van der Waals surface area contributed by atoms with E-state index < -0.39 is 5.82 Å². The van der Waals surface area contributed by atoms with Crippen molar-refractivity contribution in [1.29, 1.82) is 0 Å². The van der Waals surface area contributed by atoms with Crippen molar-refractivity contribution in [3.8, 4) is 11.3 Å². The number of halogens is 1. The first-order valence-electron chi connectivity index (χ1n) is 10.2. The zero-order chi connectivity index (χ0) is 21.1. The van der Waals surface area contributed by atoms with E-state index in [-0.39, 0.29) is 17.2 Å². The van der Waals surface area contributed by atoms with Crippen molar-refractivity contribution >= 4 is 11.6 Å². The van der Waals surface area contributed by atoms with Crippen LogP contribution in [0.5, 0.6) is 0 Å². The van der Waals surface area contributed by atoms with Gasteiger partial charge in [0.05, 0.1) is 23.8 Å². The number of piperazine rings is 1. The Morgan fingerprint density at radius 3 is 2.73 bits per heavy atom. The van der Waals surface area contributed by atoms with Gasteiger partial charge in [0.25, 0.3) is 5.56 Å². The molecule has 1 atom stereocenters. The maximum absolute atomic E-state index is 14.3. The van der Waals surface area contributed by atoms with E-state index in [1.165, 1.54) is 12.3 Å². The van der Waals surface area contributed by atoms with Crippen LogP contribution >= 0.6 is 0 Å². The lowest BCUT2D eigenvalue weighted by Crippen LogP contribution is -2.55. The Labute approximate surface area is 174 Å². The molecule has 1 saturated heterocycles. The quantitative estimate of drug-likeness (QED) is 0.647. The van der Waals surface area contributed by atoms with Crippen LogP contribution in [0.25, 0.3) is 11.3 Å². The third-order valence-electron chi connectivity index (χ3n) is 5.53. The van der Waals surface area contributed by atoms with E-state index in [2.05, 4.69) is 32.8 Å². The van der Waals surface area contributed by atoms with Crippen LogP contribution in [0.4, 0.5) is 16.0 Å². The summed E-state index contributed by atoms with van der Waals surface area (Å²) in [6.45, 7) is 4.46. The van der Waals surface area contributed by atoms with Crippen molar-refractivity contribution in [2.24, 2.45) is 7.05 Å². The molecule has 0 aliphatic carbocycles. The van der Waals surface area contributed by atoms with Crippen LogP contribution < -0.4 is 15.4 Å². The van der Waals surface area contributed by atoms with Gasteiger partial charge >= 0.3 is 0 Å². The molecule has 156 valence electrons. The molecule has 0 aromatic carbocycles. The van der Waals surface area contributed by atoms with Crippen molar-refractivity contribution in [3.63, 3.8) is 0 Å². The maximum atomic E-state index is 14.3. The van der Waals surface area contributed by atoms with Crippen LogP contribution in [0, 0.1) is 5.82 Å². The van der Waals surface area contributed by atoms with Crippen LogP contribution in [0.15, 0.2) is 53.8 Å². The average molecular weight is 408 g/mol. The van der Waals surface area contributed by atoms with Crippen molar-refractivity contribution in [2.45, 2.75) is 25.8 Å². The highest BCUT2D eigenvalue weighted by molar-refractivity contribution is 5.60. The lowest BCUT2D eigenvalue weighted by Gasteiger charge is -2.43. The molecule has 3 aromatic rings. The van der Waals surface area contributed by atoms with Gasteiger partial charge in [0.2, 0.25) is 5.95 Å². The molecular formula is C22H25FN6O. The van der Waals surface area contributed by atoms with Crippen LogP contribution in [0.3, 0.4) is 0 Å². The second-order valence-electron chi connectivity index (χ2n) is 7.49. The number of rotatable bonds is 5. The molecule has 0 bridgehead atoms. The van der Waals surface area contributed by atoms with Gasteiger partial charge in [0.1, 0.15) is 0 Å². The Morgan fingerprint density at radius 2 is 2.00 bits per heavy atom. The number of hydrogen-bond donors (Lipinski definition) is 0. The topological polar surface area (TPSA) is 67.2 Å². The van der Waals surface area contributed by atoms with Gasteiger partial charge in [0.15, 0.2) is 5.82 Å². The van der Waals surface area contributed by atoms with E-state index >= 15 is 0 Å². The zero-order valence-corrected chi connectivity index (χ0v) is 17.2. The van der Waals surface area contributed by atoms with Crippen LogP contribution in [0.2, 0.25) is 0 Å². The smallest absolute Gasteiger partial charge is 0.255 e. The monoisotopic (exact) mass is 408 g/mol. The van der Waals surface area contributed by atoms with E-state index in [1.807, 2.05) is 12.3 Å². The molecule has 4 heterocycles. The molecule has 0 amide bonds. The molecule has 7 nitrogen and oxygen atoms in total. The molecule has 1 aliphatic heterocycles. The van der Waals surface area contributed by atoms with E-state index in [0.717, 1.165) is 37.8 Å². The van der Waals surface area contributed by atoms with Crippen LogP contribution in [-0.2, 0) is 7.05 Å². The highest BCUT2D eigenvalue weighted by Gasteiger charge is 2.29. The molecule has 30 heavy (non-hydrogen) atoms. The minimum atomic E-state index is -0.490. The van der Waals surface area contributed by atoms with Crippen LogP contribution in [0.1, 0.15) is 19.8 Å². The van der Waals surface area contributed by atoms with Gasteiger partial charge in [-0.3, -0.25) is 19.3 Å². The van der Waals surface area contributed by atoms with Gasteiger partial charge in [-0.05, 0) is 24.6 Å². The molecule has 0 radical (unpaired) electrons. The largest absolute Gasteiger partial charge is 0.366 e. The molecule has 1 aliphatic rings. The average Bonchev–Trinajstić information content (AvgIpc) is 2.77. The Bertz CT molecular complexity index is 1070. The molecule has 8 heteroatoms. The number of hydrogen-bond acceptors (Lipinski definition) is 6. The van der Waals surface area contributed by atoms with Gasteiger partial charge < -0.3 is 9.80 Å². The Hall–Kier alpha value is -3.29. The van der Waals surface area contributed by atoms with Crippen molar-refractivity contribution in [1.82, 2.24) is 19.5 Å². The molecule has 0 spiro atoms. The predicted molar refractivity (Wildman–Crippen MR) is 115 cm³/mol. The first kappa shape index (κ1) is 20.0. The summed E-state index contributed by atoms with van der Waals surface area (Å²) < 4.78 is 15.8. The van der Waals surface area contributed by atoms with Crippen LogP contribution in [-0.4, -0.2) is 45.2 Å². The molecule has 4 rings (SSSR count). The third-order valence-corrected chi connectivity index (χ3v) is 5.53. The maximum Gasteiger partial charge on any atom is 0.255 e. The zero-order valence-electron chi connectivity index (χ0n) is 17.2. The van der Waals surface area contributed by atoms with Gasteiger partial charge in [0, 0.05) is 56.7 Å². The minimum absolute atomic E-state index is 0.180. The van der Waals surface area contributed by atoms with Crippen molar-refractivity contribution in [2.75, 3.05) is 29.4 Å².